The highest BCUT2D eigenvalue weighted by Crippen LogP contribution is 2.35. The van der Waals surface area contributed by atoms with Crippen LogP contribution in [0.25, 0.3) is 0 Å². The molecular formula is C16H17N3O3. The summed E-state index contributed by atoms with van der Waals surface area (Å²) in [4.78, 5) is 20.2. The predicted octanol–water partition coefficient (Wildman–Crippen LogP) is 0.484. The Hall–Kier alpha value is -2.31. The van der Waals surface area contributed by atoms with E-state index < -0.39 is 18.2 Å². The fourth-order valence-electron chi connectivity index (χ4n) is 2.88. The van der Waals surface area contributed by atoms with Crippen LogP contribution in [0, 0.1) is 0 Å². The number of rotatable bonds is 3. The average Bonchev–Trinajstić information content (AvgIpc) is 2.85. The molecule has 0 unspecified atom stereocenters. The Morgan fingerprint density at radius 2 is 1.86 bits per heavy atom. The standard InChI is InChI=1S/C16H17N3O3/c20-13-7-12(10-3-1-5-17-8-10)14(15(13)21)19-16(22)11-4-2-6-18-9-11/h1-6,8-9,12-15,20-21H,7H2,(H,19,22)/t12-,13-,14-,15-/m1/s1. The summed E-state index contributed by atoms with van der Waals surface area (Å²) in [5, 5.41) is 22.9. The maximum Gasteiger partial charge on any atom is 0.253 e. The summed E-state index contributed by atoms with van der Waals surface area (Å²) < 4.78 is 0. The summed E-state index contributed by atoms with van der Waals surface area (Å²) in [6, 6.07) is 6.44. The number of aliphatic hydroxyl groups excluding tert-OH is 2. The lowest BCUT2D eigenvalue weighted by Gasteiger charge is -2.23. The SMILES string of the molecule is O=C(N[C@H]1[C@H](O)[C@H](O)C[C@@H]1c1cccnc1)c1cccnc1. The van der Waals surface area contributed by atoms with Gasteiger partial charge in [0.1, 0.15) is 6.10 Å². The van der Waals surface area contributed by atoms with Crippen LogP contribution >= 0.6 is 0 Å². The first kappa shape index (κ1) is 14.6. The van der Waals surface area contributed by atoms with Gasteiger partial charge in [-0.25, -0.2) is 0 Å². The van der Waals surface area contributed by atoms with Gasteiger partial charge in [0.2, 0.25) is 0 Å². The molecule has 3 rings (SSSR count). The summed E-state index contributed by atoms with van der Waals surface area (Å²) in [7, 11) is 0. The van der Waals surface area contributed by atoms with E-state index in [0.29, 0.717) is 12.0 Å². The second kappa shape index (κ2) is 6.21. The fourth-order valence-corrected chi connectivity index (χ4v) is 2.88. The molecule has 6 heteroatoms. The summed E-state index contributed by atoms with van der Waals surface area (Å²) in [6.07, 6.45) is 4.91. The molecule has 1 amide bonds. The Labute approximate surface area is 127 Å². The molecule has 4 atom stereocenters. The summed E-state index contributed by atoms with van der Waals surface area (Å²) in [6.45, 7) is 0. The zero-order chi connectivity index (χ0) is 15.5. The van der Waals surface area contributed by atoms with Gasteiger partial charge in [0.15, 0.2) is 0 Å². The van der Waals surface area contributed by atoms with Crippen LogP contribution in [0.15, 0.2) is 49.1 Å². The third-order valence-corrected chi connectivity index (χ3v) is 4.03. The summed E-state index contributed by atoms with van der Waals surface area (Å²) in [5.41, 5.74) is 1.30. The topological polar surface area (TPSA) is 95.3 Å². The largest absolute Gasteiger partial charge is 0.390 e. The zero-order valence-corrected chi connectivity index (χ0v) is 11.8. The molecule has 22 heavy (non-hydrogen) atoms. The van der Waals surface area contributed by atoms with E-state index in [2.05, 4.69) is 15.3 Å². The molecule has 2 aromatic rings. The molecule has 0 bridgehead atoms. The Morgan fingerprint density at radius 1 is 1.14 bits per heavy atom. The lowest BCUT2D eigenvalue weighted by Crippen LogP contribution is -2.45. The second-order valence-electron chi connectivity index (χ2n) is 5.43. The van der Waals surface area contributed by atoms with Crippen molar-refractivity contribution < 1.29 is 15.0 Å². The van der Waals surface area contributed by atoms with Crippen molar-refractivity contribution in [3.05, 3.63) is 60.2 Å². The number of carbonyl (C=O) groups excluding carboxylic acids is 1. The van der Waals surface area contributed by atoms with E-state index in [9.17, 15) is 15.0 Å². The van der Waals surface area contributed by atoms with Crippen LogP contribution in [-0.2, 0) is 0 Å². The van der Waals surface area contributed by atoms with Crippen LogP contribution in [0.2, 0.25) is 0 Å². The van der Waals surface area contributed by atoms with Crippen molar-refractivity contribution in [1.82, 2.24) is 15.3 Å². The van der Waals surface area contributed by atoms with E-state index in [4.69, 9.17) is 0 Å². The average molecular weight is 299 g/mol. The normalized spacial score (nSPS) is 27.5. The molecule has 0 aromatic carbocycles. The molecule has 0 saturated heterocycles. The highest BCUT2D eigenvalue weighted by molar-refractivity contribution is 5.94. The lowest BCUT2D eigenvalue weighted by molar-refractivity contribution is 0.0294. The lowest BCUT2D eigenvalue weighted by atomic mass is 9.94. The third kappa shape index (κ3) is 2.84. The smallest absolute Gasteiger partial charge is 0.253 e. The number of aliphatic hydroxyl groups is 2. The van der Waals surface area contributed by atoms with Gasteiger partial charge in [-0.15, -0.1) is 0 Å². The van der Waals surface area contributed by atoms with Crippen LogP contribution in [0.5, 0.6) is 0 Å². The van der Waals surface area contributed by atoms with E-state index >= 15 is 0 Å². The Kier molecular flexibility index (Phi) is 4.13. The van der Waals surface area contributed by atoms with Crippen LogP contribution in [0.3, 0.4) is 0 Å². The number of hydrogen-bond acceptors (Lipinski definition) is 5. The van der Waals surface area contributed by atoms with E-state index in [-0.39, 0.29) is 11.8 Å². The van der Waals surface area contributed by atoms with Gasteiger partial charge >= 0.3 is 0 Å². The zero-order valence-electron chi connectivity index (χ0n) is 11.8. The fraction of sp³-hybridized carbons (Fsp3) is 0.312. The van der Waals surface area contributed by atoms with Gasteiger partial charge in [-0.2, -0.15) is 0 Å². The van der Waals surface area contributed by atoms with Crippen molar-refractivity contribution in [2.75, 3.05) is 0 Å². The maximum absolute atomic E-state index is 12.3. The van der Waals surface area contributed by atoms with E-state index in [1.165, 1.54) is 6.20 Å². The van der Waals surface area contributed by atoms with Crippen LogP contribution in [0.1, 0.15) is 28.3 Å². The Balaban J connectivity index is 1.82. The Bertz CT molecular complexity index is 636. The second-order valence-corrected chi connectivity index (χ2v) is 5.43. The van der Waals surface area contributed by atoms with Gasteiger partial charge in [-0.3, -0.25) is 14.8 Å². The minimum absolute atomic E-state index is 0.181. The molecule has 2 aromatic heterocycles. The molecular weight excluding hydrogens is 282 g/mol. The monoisotopic (exact) mass is 299 g/mol. The van der Waals surface area contributed by atoms with Crippen molar-refractivity contribution in [1.29, 1.82) is 0 Å². The van der Waals surface area contributed by atoms with Gasteiger partial charge in [-0.05, 0) is 30.2 Å². The molecule has 1 fully saturated rings. The van der Waals surface area contributed by atoms with E-state index in [1.807, 2.05) is 6.07 Å². The number of amides is 1. The molecule has 6 nitrogen and oxygen atoms in total. The molecule has 1 saturated carbocycles. The minimum atomic E-state index is -1.01. The van der Waals surface area contributed by atoms with Gasteiger partial charge in [0.25, 0.3) is 5.91 Å². The van der Waals surface area contributed by atoms with E-state index in [0.717, 1.165) is 5.56 Å². The van der Waals surface area contributed by atoms with Gasteiger partial charge < -0.3 is 15.5 Å². The maximum atomic E-state index is 12.3. The summed E-state index contributed by atoms with van der Waals surface area (Å²) in [5.74, 6) is -0.500. The molecule has 0 radical (unpaired) electrons. The molecule has 1 aliphatic rings. The van der Waals surface area contributed by atoms with Crippen molar-refractivity contribution in [3.8, 4) is 0 Å². The number of carbonyl (C=O) groups is 1. The first-order chi connectivity index (χ1) is 10.7. The van der Waals surface area contributed by atoms with Crippen molar-refractivity contribution in [2.24, 2.45) is 0 Å². The highest BCUT2D eigenvalue weighted by Gasteiger charge is 2.43. The molecule has 1 aliphatic carbocycles. The summed E-state index contributed by atoms with van der Waals surface area (Å²) >= 11 is 0. The number of hydrogen-bond donors (Lipinski definition) is 3. The number of nitrogens with one attached hydrogen (secondary N) is 1. The van der Waals surface area contributed by atoms with Crippen molar-refractivity contribution in [2.45, 2.75) is 30.6 Å². The minimum Gasteiger partial charge on any atom is -0.390 e. The highest BCUT2D eigenvalue weighted by atomic mass is 16.3. The molecule has 2 heterocycles. The first-order valence-corrected chi connectivity index (χ1v) is 7.14. The predicted molar refractivity (Wildman–Crippen MR) is 79.1 cm³/mol. The van der Waals surface area contributed by atoms with Gasteiger partial charge in [0.05, 0.1) is 17.7 Å². The van der Waals surface area contributed by atoms with Crippen LogP contribution < -0.4 is 5.32 Å². The number of pyridine rings is 2. The Morgan fingerprint density at radius 3 is 2.50 bits per heavy atom. The van der Waals surface area contributed by atoms with Gasteiger partial charge in [0, 0.05) is 30.7 Å². The molecule has 114 valence electrons. The molecule has 0 spiro atoms. The van der Waals surface area contributed by atoms with Crippen LogP contribution in [-0.4, -0.2) is 44.3 Å². The van der Waals surface area contributed by atoms with Gasteiger partial charge in [-0.1, -0.05) is 6.07 Å². The van der Waals surface area contributed by atoms with Crippen LogP contribution in [0.4, 0.5) is 0 Å². The third-order valence-electron chi connectivity index (χ3n) is 4.03. The van der Waals surface area contributed by atoms with Crippen molar-refractivity contribution >= 4 is 5.91 Å². The molecule has 3 N–H and O–H groups in total. The number of nitrogens with zero attached hydrogens (tertiary/aromatic N) is 2. The van der Waals surface area contributed by atoms with E-state index in [1.54, 1.807) is 36.8 Å². The van der Waals surface area contributed by atoms with Crippen molar-refractivity contribution in [3.63, 3.8) is 0 Å². The number of aromatic nitrogens is 2. The quantitative estimate of drug-likeness (QED) is 0.766. The molecule has 0 aliphatic heterocycles. The first-order valence-electron chi connectivity index (χ1n) is 7.14.